The smallest absolute Gasteiger partial charge is 0.225 e. The molecule has 1 fully saturated rings. The summed E-state index contributed by atoms with van der Waals surface area (Å²) in [7, 11) is 0. The molecule has 0 N–H and O–H groups in total. The van der Waals surface area contributed by atoms with E-state index >= 15 is 0 Å². The second kappa shape index (κ2) is 11.0. The van der Waals surface area contributed by atoms with Crippen LogP contribution in [0.25, 0.3) is 0 Å². The highest BCUT2D eigenvalue weighted by molar-refractivity contribution is 5.79. The highest BCUT2D eigenvalue weighted by Crippen LogP contribution is 2.31. The third-order valence-electron chi connectivity index (χ3n) is 7.30. The molecule has 0 unspecified atom stereocenters. The van der Waals surface area contributed by atoms with E-state index in [1.54, 1.807) is 0 Å². The van der Waals surface area contributed by atoms with Crippen molar-refractivity contribution in [2.24, 2.45) is 5.92 Å². The van der Waals surface area contributed by atoms with Gasteiger partial charge in [0.25, 0.3) is 0 Å². The largest absolute Gasteiger partial charge is 0.338 e. The van der Waals surface area contributed by atoms with Crippen molar-refractivity contribution in [3.63, 3.8) is 0 Å². The Morgan fingerprint density at radius 2 is 1.35 bits per heavy atom. The predicted octanol–water partition coefficient (Wildman–Crippen LogP) is 7.73. The van der Waals surface area contributed by atoms with Crippen LogP contribution in [0.3, 0.4) is 0 Å². The van der Waals surface area contributed by atoms with Crippen molar-refractivity contribution in [3.05, 3.63) is 107 Å². The Balaban J connectivity index is 1.55. The van der Waals surface area contributed by atoms with E-state index in [1.807, 2.05) is 0 Å². The van der Waals surface area contributed by atoms with Crippen LogP contribution in [0, 0.1) is 5.92 Å². The van der Waals surface area contributed by atoms with E-state index < -0.39 is 0 Å². The first-order valence-electron chi connectivity index (χ1n) is 12.9. The third-order valence-corrected chi connectivity index (χ3v) is 7.30. The topological polar surface area (TPSA) is 20.3 Å². The SMILES string of the molecule is CC(C)(C)c1ccc(CN(CCC(c2ccccc2)c2ccccc2)C(=O)C2CCCC2)cc1. The molecule has 178 valence electrons. The van der Waals surface area contributed by atoms with Gasteiger partial charge < -0.3 is 4.90 Å². The molecule has 0 aromatic heterocycles. The van der Waals surface area contributed by atoms with Gasteiger partial charge >= 0.3 is 0 Å². The zero-order chi connectivity index (χ0) is 24.0. The maximum absolute atomic E-state index is 13.6. The van der Waals surface area contributed by atoms with Crippen molar-refractivity contribution in [2.45, 2.75) is 70.8 Å². The van der Waals surface area contributed by atoms with Gasteiger partial charge in [-0.05, 0) is 46.9 Å². The quantitative estimate of drug-likeness (QED) is 0.342. The first-order valence-corrected chi connectivity index (χ1v) is 12.9. The van der Waals surface area contributed by atoms with Gasteiger partial charge in [0.1, 0.15) is 0 Å². The van der Waals surface area contributed by atoms with Gasteiger partial charge in [-0.2, -0.15) is 0 Å². The molecular weight excluding hydrogens is 414 g/mol. The van der Waals surface area contributed by atoms with Crippen LogP contribution in [0.2, 0.25) is 0 Å². The second-order valence-electron chi connectivity index (χ2n) is 10.9. The summed E-state index contributed by atoms with van der Waals surface area (Å²) in [5.41, 5.74) is 5.32. The fraction of sp³-hybridized carbons (Fsp3) is 0.406. The molecule has 2 heteroatoms. The van der Waals surface area contributed by atoms with Crippen molar-refractivity contribution in [1.82, 2.24) is 4.90 Å². The Bertz CT molecular complexity index is 988. The number of nitrogens with zero attached hydrogens (tertiary/aromatic N) is 1. The predicted molar refractivity (Wildman–Crippen MR) is 142 cm³/mol. The molecule has 0 aliphatic heterocycles. The lowest BCUT2D eigenvalue weighted by molar-refractivity contribution is -0.136. The molecule has 1 amide bonds. The second-order valence-corrected chi connectivity index (χ2v) is 10.9. The summed E-state index contributed by atoms with van der Waals surface area (Å²) in [5.74, 6) is 0.822. The van der Waals surface area contributed by atoms with Crippen LogP contribution in [-0.4, -0.2) is 17.4 Å². The van der Waals surface area contributed by atoms with E-state index in [4.69, 9.17) is 0 Å². The summed E-state index contributed by atoms with van der Waals surface area (Å²) in [6, 6.07) is 30.3. The molecule has 0 spiro atoms. The lowest BCUT2D eigenvalue weighted by Gasteiger charge is -2.29. The normalized spacial score (nSPS) is 14.5. The van der Waals surface area contributed by atoms with Crippen LogP contribution in [-0.2, 0) is 16.8 Å². The van der Waals surface area contributed by atoms with Crippen molar-refractivity contribution < 1.29 is 4.79 Å². The van der Waals surface area contributed by atoms with E-state index in [-0.39, 0.29) is 17.3 Å². The highest BCUT2D eigenvalue weighted by atomic mass is 16.2. The minimum atomic E-state index is 0.135. The van der Waals surface area contributed by atoms with Gasteiger partial charge in [-0.15, -0.1) is 0 Å². The van der Waals surface area contributed by atoms with Gasteiger partial charge in [0.2, 0.25) is 5.91 Å². The maximum Gasteiger partial charge on any atom is 0.225 e. The van der Waals surface area contributed by atoms with Crippen molar-refractivity contribution >= 4 is 5.91 Å². The minimum absolute atomic E-state index is 0.135. The van der Waals surface area contributed by atoms with E-state index in [0.29, 0.717) is 12.5 Å². The van der Waals surface area contributed by atoms with Crippen LogP contribution in [0.4, 0.5) is 0 Å². The minimum Gasteiger partial charge on any atom is -0.338 e. The Labute approximate surface area is 206 Å². The first-order chi connectivity index (χ1) is 16.4. The van der Waals surface area contributed by atoms with Crippen LogP contribution >= 0.6 is 0 Å². The molecule has 34 heavy (non-hydrogen) atoms. The number of benzene rings is 3. The Morgan fingerprint density at radius 1 is 0.824 bits per heavy atom. The molecule has 4 rings (SSSR count). The van der Waals surface area contributed by atoms with Gasteiger partial charge in [0, 0.05) is 24.9 Å². The van der Waals surface area contributed by atoms with Crippen molar-refractivity contribution in [3.8, 4) is 0 Å². The average molecular weight is 454 g/mol. The number of carbonyl (C=O) groups is 1. The van der Waals surface area contributed by atoms with Crippen molar-refractivity contribution in [2.75, 3.05) is 6.54 Å². The fourth-order valence-electron chi connectivity index (χ4n) is 5.21. The molecule has 0 heterocycles. The molecule has 1 aliphatic carbocycles. The number of hydrogen-bond donors (Lipinski definition) is 0. The Hall–Kier alpha value is -2.87. The highest BCUT2D eigenvalue weighted by Gasteiger charge is 2.28. The third kappa shape index (κ3) is 6.17. The van der Waals surface area contributed by atoms with Gasteiger partial charge in [-0.1, -0.05) is 119 Å². The molecule has 2 nitrogen and oxygen atoms in total. The standard InChI is InChI=1S/C32H39NO/c1-32(2,3)29-20-18-25(19-21-29)24-33(31(34)28-16-10-11-17-28)23-22-30(26-12-6-4-7-13-26)27-14-8-5-9-15-27/h4-9,12-15,18-21,28,30H,10-11,16-17,22-24H2,1-3H3. The lowest BCUT2D eigenvalue weighted by atomic mass is 9.86. The summed E-state index contributed by atoms with van der Waals surface area (Å²) in [4.78, 5) is 15.7. The van der Waals surface area contributed by atoms with Gasteiger partial charge in [-0.3, -0.25) is 4.79 Å². The Kier molecular flexibility index (Phi) is 7.88. The van der Waals surface area contributed by atoms with Gasteiger partial charge in [-0.25, -0.2) is 0 Å². The van der Waals surface area contributed by atoms with Crippen LogP contribution < -0.4 is 0 Å². The van der Waals surface area contributed by atoms with E-state index in [2.05, 4.69) is 111 Å². The van der Waals surface area contributed by atoms with Crippen LogP contribution in [0.5, 0.6) is 0 Å². The first kappa shape index (κ1) is 24.3. The number of carbonyl (C=O) groups excluding carboxylic acids is 1. The molecule has 3 aromatic rings. The van der Waals surface area contributed by atoms with Crippen LogP contribution in [0.15, 0.2) is 84.9 Å². The molecule has 3 aromatic carbocycles. The summed E-state index contributed by atoms with van der Waals surface area (Å²) in [5, 5.41) is 0. The lowest BCUT2D eigenvalue weighted by Crippen LogP contribution is -2.36. The molecule has 1 saturated carbocycles. The average Bonchev–Trinajstić information content (AvgIpc) is 3.39. The van der Waals surface area contributed by atoms with E-state index in [1.165, 1.54) is 35.1 Å². The van der Waals surface area contributed by atoms with E-state index in [9.17, 15) is 4.79 Å². The zero-order valence-corrected chi connectivity index (χ0v) is 21.0. The number of amides is 1. The number of hydrogen-bond acceptors (Lipinski definition) is 1. The molecule has 0 radical (unpaired) electrons. The molecule has 0 atom stereocenters. The van der Waals surface area contributed by atoms with Crippen LogP contribution in [0.1, 0.15) is 81.0 Å². The van der Waals surface area contributed by atoms with Gasteiger partial charge in [0.05, 0.1) is 0 Å². The maximum atomic E-state index is 13.6. The summed E-state index contributed by atoms with van der Waals surface area (Å²) in [6.45, 7) is 8.18. The zero-order valence-electron chi connectivity index (χ0n) is 21.0. The Morgan fingerprint density at radius 3 is 1.85 bits per heavy atom. The molecule has 0 saturated heterocycles. The molecule has 0 bridgehead atoms. The summed E-state index contributed by atoms with van der Waals surface area (Å²) >= 11 is 0. The van der Waals surface area contributed by atoms with E-state index in [0.717, 1.165) is 25.8 Å². The van der Waals surface area contributed by atoms with Crippen molar-refractivity contribution in [1.29, 1.82) is 0 Å². The number of rotatable bonds is 8. The summed E-state index contributed by atoms with van der Waals surface area (Å²) < 4.78 is 0. The molecule has 1 aliphatic rings. The monoisotopic (exact) mass is 453 g/mol. The summed E-state index contributed by atoms with van der Waals surface area (Å²) in [6.07, 6.45) is 5.37. The molecular formula is C32H39NO. The van der Waals surface area contributed by atoms with Gasteiger partial charge in [0.15, 0.2) is 0 Å². The fourth-order valence-corrected chi connectivity index (χ4v) is 5.21.